The predicted octanol–water partition coefficient (Wildman–Crippen LogP) is 1.31. The van der Waals surface area contributed by atoms with E-state index >= 15 is 0 Å². The molecule has 6 atom stereocenters. The Bertz CT molecular complexity index is 211. The molecule has 1 saturated carbocycles. The van der Waals surface area contributed by atoms with E-state index in [9.17, 15) is 0 Å². The molecule has 12 heavy (non-hydrogen) atoms. The molecular formula is C9H12O2S. The van der Waals surface area contributed by atoms with E-state index in [-0.39, 0.29) is 0 Å². The number of thioether (sulfide) groups is 1. The summed E-state index contributed by atoms with van der Waals surface area (Å²) in [6.07, 6.45) is 1.39. The summed E-state index contributed by atoms with van der Waals surface area (Å²) < 4.78 is 11.5. The Morgan fingerprint density at radius 3 is 2.00 bits per heavy atom. The van der Waals surface area contributed by atoms with Crippen LogP contribution in [0.25, 0.3) is 0 Å². The summed E-state index contributed by atoms with van der Waals surface area (Å²) in [6.45, 7) is 2.03. The molecule has 3 aliphatic heterocycles. The summed E-state index contributed by atoms with van der Waals surface area (Å²) in [5, 5.41) is 0. The lowest BCUT2D eigenvalue weighted by molar-refractivity contribution is 0.112. The van der Waals surface area contributed by atoms with Crippen LogP contribution in [0.5, 0.6) is 0 Å². The van der Waals surface area contributed by atoms with Gasteiger partial charge in [-0.3, -0.25) is 0 Å². The lowest BCUT2D eigenvalue weighted by atomic mass is 9.91. The summed E-state index contributed by atoms with van der Waals surface area (Å²) >= 11 is 1.95. The number of ether oxygens (including phenoxy) is 2. The minimum atomic E-state index is 0.488. The maximum absolute atomic E-state index is 5.77. The van der Waals surface area contributed by atoms with E-state index in [2.05, 4.69) is 0 Å². The van der Waals surface area contributed by atoms with Gasteiger partial charge in [-0.1, -0.05) is 11.8 Å². The molecule has 0 N–H and O–H groups in total. The fourth-order valence-electron chi connectivity index (χ4n) is 3.49. The van der Waals surface area contributed by atoms with Gasteiger partial charge in [-0.15, -0.1) is 0 Å². The Hall–Kier alpha value is 0.270. The molecule has 2 nitrogen and oxygen atoms in total. The largest absolute Gasteiger partial charge is 0.367 e. The van der Waals surface area contributed by atoms with Crippen LogP contribution in [0.15, 0.2) is 0 Å². The molecule has 0 aromatic carbocycles. The molecule has 0 aromatic rings. The first-order chi connectivity index (χ1) is 5.93. The minimum absolute atomic E-state index is 0.488. The van der Waals surface area contributed by atoms with Gasteiger partial charge in [-0.25, -0.2) is 0 Å². The van der Waals surface area contributed by atoms with Crippen molar-refractivity contribution in [2.24, 2.45) is 23.7 Å². The Kier molecular flexibility index (Phi) is 1.12. The van der Waals surface area contributed by atoms with Crippen molar-refractivity contribution in [2.75, 3.05) is 13.2 Å². The number of fused-ring (bicyclic) bond motifs is 1. The van der Waals surface area contributed by atoms with Crippen molar-refractivity contribution in [2.45, 2.75) is 17.3 Å². The summed E-state index contributed by atoms with van der Waals surface area (Å²) in [7, 11) is 0. The van der Waals surface area contributed by atoms with Gasteiger partial charge in [0.1, 0.15) is 10.9 Å². The van der Waals surface area contributed by atoms with Gasteiger partial charge in [0.15, 0.2) is 0 Å². The van der Waals surface area contributed by atoms with Crippen LogP contribution < -0.4 is 0 Å². The molecule has 66 valence electrons. The predicted molar refractivity (Wildman–Crippen MR) is 45.6 cm³/mol. The summed E-state index contributed by atoms with van der Waals surface area (Å²) in [5.74, 6) is 3.45. The highest BCUT2D eigenvalue weighted by Crippen LogP contribution is 2.61. The molecule has 4 aliphatic rings. The van der Waals surface area contributed by atoms with Crippen LogP contribution in [0.3, 0.4) is 0 Å². The van der Waals surface area contributed by atoms with Gasteiger partial charge < -0.3 is 9.47 Å². The topological polar surface area (TPSA) is 18.5 Å². The molecule has 3 heterocycles. The van der Waals surface area contributed by atoms with Crippen LogP contribution in [-0.4, -0.2) is 24.1 Å². The van der Waals surface area contributed by atoms with Crippen molar-refractivity contribution in [1.82, 2.24) is 0 Å². The normalized spacial score (nSPS) is 66.0. The molecule has 4 rings (SSSR count). The molecule has 0 radical (unpaired) electrons. The number of rotatable bonds is 0. The Balaban J connectivity index is 1.83. The van der Waals surface area contributed by atoms with E-state index in [0.29, 0.717) is 10.9 Å². The van der Waals surface area contributed by atoms with Crippen molar-refractivity contribution in [1.29, 1.82) is 0 Å². The molecule has 3 heteroatoms. The van der Waals surface area contributed by atoms with Gasteiger partial charge >= 0.3 is 0 Å². The van der Waals surface area contributed by atoms with E-state index in [1.54, 1.807) is 0 Å². The lowest BCUT2D eigenvalue weighted by Crippen LogP contribution is -2.26. The molecule has 0 spiro atoms. The second kappa shape index (κ2) is 2.02. The zero-order chi connectivity index (χ0) is 7.71. The SMILES string of the molecule is C1C2C3OCC2C2COC(S3)C12. The van der Waals surface area contributed by atoms with E-state index in [1.807, 2.05) is 11.8 Å². The Morgan fingerprint density at radius 2 is 1.42 bits per heavy atom. The average molecular weight is 184 g/mol. The van der Waals surface area contributed by atoms with E-state index in [1.165, 1.54) is 6.42 Å². The average Bonchev–Trinajstić information content (AvgIpc) is 2.69. The highest BCUT2D eigenvalue weighted by molar-refractivity contribution is 8.00. The molecule has 1 aliphatic carbocycles. The third-order valence-corrected chi connectivity index (χ3v) is 5.58. The van der Waals surface area contributed by atoms with Crippen molar-refractivity contribution >= 4 is 11.8 Å². The molecular weight excluding hydrogens is 172 g/mol. The third-order valence-electron chi connectivity index (χ3n) is 4.07. The fourth-order valence-corrected chi connectivity index (χ4v) is 5.10. The second-order valence-electron chi connectivity index (χ2n) is 4.43. The van der Waals surface area contributed by atoms with Gasteiger partial charge in [0.05, 0.1) is 13.2 Å². The van der Waals surface area contributed by atoms with Crippen LogP contribution in [0.2, 0.25) is 0 Å². The van der Waals surface area contributed by atoms with Crippen LogP contribution >= 0.6 is 11.8 Å². The maximum atomic E-state index is 5.77. The van der Waals surface area contributed by atoms with Crippen molar-refractivity contribution in [3.05, 3.63) is 0 Å². The fraction of sp³-hybridized carbons (Fsp3) is 1.00. The van der Waals surface area contributed by atoms with Gasteiger partial charge in [-0.2, -0.15) is 0 Å². The van der Waals surface area contributed by atoms with E-state index in [0.717, 1.165) is 36.9 Å². The molecule has 4 fully saturated rings. The van der Waals surface area contributed by atoms with E-state index in [4.69, 9.17) is 9.47 Å². The van der Waals surface area contributed by atoms with Crippen molar-refractivity contribution < 1.29 is 9.47 Å². The maximum Gasteiger partial charge on any atom is 0.108 e. The van der Waals surface area contributed by atoms with Gasteiger partial charge in [0.25, 0.3) is 0 Å². The zero-order valence-corrected chi connectivity index (χ0v) is 7.63. The van der Waals surface area contributed by atoms with Crippen LogP contribution in [0.4, 0.5) is 0 Å². The van der Waals surface area contributed by atoms with Crippen LogP contribution in [-0.2, 0) is 9.47 Å². The standard InChI is InChI=1S/C9H12O2S/c1-4-6-2-10-8(4)12-9-5(1)7(6)3-11-9/h4-9H,1-3H2. The first kappa shape index (κ1) is 6.68. The van der Waals surface area contributed by atoms with Gasteiger partial charge in [-0.05, 0) is 18.3 Å². The number of hydrogen-bond donors (Lipinski definition) is 0. The summed E-state index contributed by atoms with van der Waals surface area (Å²) in [6, 6.07) is 0. The molecule has 0 aromatic heterocycles. The monoisotopic (exact) mass is 184 g/mol. The van der Waals surface area contributed by atoms with E-state index < -0.39 is 0 Å². The lowest BCUT2D eigenvalue weighted by Gasteiger charge is -2.28. The quantitative estimate of drug-likeness (QED) is 0.565. The van der Waals surface area contributed by atoms with Gasteiger partial charge in [0, 0.05) is 11.8 Å². The Labute approximate surface area is 76.0 Å². The summed E-state index contributed by atoms with van der Waals surface area (Å²) in [5.41, 5.74) is 0.975. The highest BCUT2D eigenvalue weighted by Gasteiger charge is 2.60. The van der Waals surface area contributed by atoms with Crippen molar-refractivity contribution in [3.63, 3.8) is 0 Å². The van der Waals surface area contributed by atoms with Crippen LogP contribution in [0, 0.1) is 23.7 Å². The zero-order valence-electron chi connectivity index (χ0n) is 6.81. The second-order valence-corrected chi connectivity index (χ2v) is 5.63. The molecule has 2 bridgehead atoms. The third kappa shape index (κ3) is 0.603. The van der Waals surface area contributed by atoms with Crippen molar-refractivity contribution in [3.8, 4) is 0 Å². The van der Waals surface area contributed by atoms with Gasteiger partial charge in [0.2, 0.25) is 0 Å². The first-order valence-corrected chi connectivity index (χ1v) is 5.76. The van der Waals surface area contributed by atoms with Crippen LogP contribution in [0.1, 0.15) is 6.42 Å². The molecule has 0 amide bonds. The smallest absolute Gasteiger partial charge is 0.108 e. The summed E-state index contributed by atoms with van der Waals surface area (Å²) in [4.78, 5) is 0. The molecule has 3 saturated heterocycles. The first-order valence-electron chi connectivity index (χ1n) is 4.82. The molecule has 6 unspecified atom stereocenters. The number of hydrogen-bond acceptors (Lipinski definition) is 3. The Morgan fingerprint density at radius 1 is 0.833 bits per heavy atom. The highest BCUT2D eigenvalue weighted by atomic mass is 32.2. The minimum Gasteiger partial charge on any atom is -0.367 e.